The molecule has 0 saturated carbocycles. The Morgan fingerprint density at radius 1 is 0.941 bits per heavy atom. The second-order valence-corrected chi connectivity index (χ2v) is 8.46. The molecule has 9 heteroatoms. The van der Waals surface area contributed by atoms with Gasteiger partial charge in [0.25, 0.3) is 5.91 Å². The average Bonchev–Trinajstić information content (AvgIpc) is 2.86. The van der Waals surface area contributed by atoms with Crippen molar-refractivity contribution < 1.29 is 34.1 Å². The van der Waals surface area contributed by atoms with Gasteiger partial charge in [-0.2, -0.15) is 0 Å². The fourth-order valence-corrected chi connectivity index (χ4v) is 2.96. The molecule has 0 radical (unpaired) electrons. The second-order valence-electron chi connectivity index (χ2n) is 8.46. The molecule has 0 aliphatic heterocycles. The van der Waals surface area contributed by atoms with Crippen LogP contribution in [0.1, 0.15) is 36.2 Å². The Balaban J connectivity index is 1.80. The minimum atomic E-state index is -1.44. The fraction of sp³-hybridized carbons (Fsp3) is 0.360. The Bertz CT molecular complexity index is 1010. The maximum absolute atomic E-state index is 12.0. The highest BCUT2D eigenvalue weighted by molar-refractivity contribution is 6.36. The van der Waals surface area contributed by atoms with Gasteiger partial charge in [0.05, 0.1) is 19.3 Å². The summed E-state index contributed by atoms with van der Waals surface area (Å²) in [4.78, 5) is 47.5. The summed E-state index contributed by atoms with van der Waals surface area (Å²) in [6.07, 6.45) is -1.65. The number of carbonyl (C=O) groups excluding carboxylic acids is 4. The lowest BCUT2D eigenvalue weighted by atomic mass is 9.87. The standard InChI is InChI=1S/C25H30N2O7/c1-25(2,15-28)21(30)23(32)26-13-12-20(29)22(31)27-14-16-4-6-17(7-5-16)18-8-10-19(11-9-18)24(33)34-3/h4-11,21,28,30H,12-15H2,1-3H3,(H,26,32)(H,27,31). The first kappa shape index (κ1) is 26.7. The number of hydrogen-bond acceptors (Lipinski definition) is 7. The number of ketones is 1. The molecule has 9 nitrogen and oxygen atoms in total. The van der Waals surface area contributed by atoms with Crippen LogP contribution in [0.3, 0.4) is 0 Å². The highest BCUT2D eigenvalue weighted by Crippen LogP contribution is 2.21. The number of benzene rings is 2. The number of esters is 1. The van der Waals surface area contributed by atoms with Crippen molar-refractivity contribution >= 4 is 23.6 Å². The third-order valence-corrected chi connectivity index (χ3v) is 5.35. The van der Waals surface area contributed by atoms with E-state index in [4.69, 9.17) is 0 Å². The number of rotatable bonds is 11. The van der Waals surface area contributed by atoms with Crippen LogP contribution in [-0.2, 0) is 25.7 Å². The summed E-state index contributed by atoms with van der Waals surface area (Å²) in [6, 6.07) is 14.3. The number of hydrogen-bond donors (Lipinski definition) is 4. The molecule has 2 amide bonds. The van der Waals surface area contributed by atoms with Gasteiger partial charge in [-0.3, -0.25) is 14.4 Å². The van der Waals surface area contributed by atoms with Crippen LogP contribution in [0.5, 0.6) is 0 Å². The van der Waals surface area contributed by atoms with Gasteiger partial charge in [-0.25, -0.2) is 4.79 Å². The smallest absolute Gasteiger partial charge is 0.337 e. The molecule has 2 rings (SSSR count). The molecule has 2 aromatic carbocycles. The van der Waals surface area contributed by atoms with Crippen LogP contribution in [0.4, 0.5) is 0 Å². The third-order valence-electron chi connectivity index (χ3n) is 5.35. The number of methoxy groups -OCH3 is 1. The summed E-state index contributed by atoms with van der Waals surface area (Å²) in [5.74, 6) is -2.59. The van der Waals surface area contributed by atoms with E-state index in [1.165, 1.54) is 21.0 Å². The van der Waals surface area contributed by atoms with Gasteiger partial charge in [0.1, 0.15) is 6.10 Å². The molecule has 0 aliphatic rings. The summed E-state index contributed by atoms with van der Waals surface area (Å²) in [5, 5.41) is 24.0. The summed E-state index contributed by atoms with van der Waals surface area (Å²) in [7, 11) is 1.33. The molecule has 0 aromatic heterocycles. The first-order chi connectivity index (χ1) is 16.1. The van der Waals surface area contributed by atoms with E-state index in [0.717, 1.165) is 16.7 Å². The van der Waals surface area contributed by atoms with Crippen LogP contribution in [0, 0.1) is 5.41 Å². The first-order valence-electron chi connectivity index (χ1n) is 10.7. The molecule has 0 saturated heterocycles. The van der Waals surface area contributed by atoms with Gasteiger partial charge in [0.2, 0.25) is 11.7 Å². The van der Waals surface area contributed by atoms with Crippen molar-refractivity contribution in [2.45, 2.75) is 32.9 Å². The van der Waals surface area contributed by atoms with E-state index in [9.17, 15) is 29.4 Å². The van der Waals surface area contributed by atoms with E-state index in [2.05, 4.69) is 15.4 Å². The lowest BCUT2D eigenvalue weighted by Crippen LogP contribution is -2.46. The molecular weight excluding hydrogens is 440 g/mol. The minimum absolute atomic E-state index is 0.104. The van der Waals surface area contributed by atoms with Crippen molar-refractivity contribution in [3.8, 4) is 11.1 Å². The van der Waals surface area contributed by atoms with E-state index < -0.39 is 35.1 Å². The summed E-state index contributed by atoms with van der Waals surface area (Å²) in [5.41, 5.74) is 2.06. The van der Waals surface area contributed by atoms with Crippen molar-refractivity contribution in [1.82, 2.24) is 10.6 Å². The maximum Gasteiger partial charge on any atom is 0.337 e. The number of aliphatic hydroxyl groups excluding tert-OH is 2. The van der Waals surface area contributed by atoms with Crippen molar-refractivity contribution in [1.29, 1.82) is 0 Å². The Morgan fingerprint density at radius 2 is 1.50 bits per heavy atom. The number of Topliss-reactive ketones (excluding diaryl/α,β-unsaturated/α-hetero) is 1. The Kier molecular flexibility index (Phi) is 9.47. The number of amides is 2. The molecule has 182 valence electrons. The third kappa shape index (κ3) is 7.23. The monoisotopic (exact) mass is 470 g/mol. The van der Waals surface area contributed by atoms with Gasteiger partial charge in [0, 0.05) is 24.9 Å². The van der Waals surface area contributed by atoms with E-state index in [1.807, 2.05) is 36.4 Å². The zero-order valence-corrected chi connectivity index (χ0v) is 19.5. The molecule has 34 heavy (non-hydrogen) atoms. The Morgan fingerprint density at radius 3 is 2.03 bits per heavy atom. The van der Waals surface area contributed by atoms with Crippen LogP contribution in [0.2, 0.25) is 0 Å². The van der Waals surface area contributed by atoms with E-state index >= 15 is 0 Å². The van der Waals surface area contributed by atoms with Gasteiger partial charge in [-0.05, 0) is 28.8 Å². The Labute approximate surface area is 198 Å². The molecular formula is C25H30N2O7. The molecule has 0 fully saturated rings. The fourth-order valence-electron chi connectivity index (χ4n) is 2.96. The van der Waals surface area contributed by atoms with Gasteiger partial charge in [-0.1, -0.05) is 50.2 Å². The molecule has 1 atom stereocenters. The van der Waals surface area contributed by atoms with Crippen molar-refractivity contribution in [2.24, 2.45) is 5.41 Å². The SMILES string of the molecule is COC(=O)c1ccc(-c2ccc(CNC(=O)C(=O)CCNC(=O)C(O)C(C)(C)CO)cc2)cc1. The van der Waals surface area contributed by atoms with Crippen LogP contribution in [0.25, 0.3) is 11.1 Å². The number of carbonyl (C=O) groups is 4. The first-order valence-corrected chi connectivity index (χ1v) is 10.7. The summed E-state index contributed by atoms with van der Waals surface area (Å²) >= 11 is 0. The average molecular weight is 471 g/mol. The molecule has 1 unspecified atom stereocenters. The van der Waals surface area contributed by atoms with E-state index in [-0.39, 0.29) is 26.1 Å². The highest BCUT2D eigenvalue weighted by Gasteiger charge is 2.32. The van der Waals surface area contributed by atoms with Gasteiger partial charge < -0.3 is 25.6 Å². The van der Waals surface area contributed by atoms with E-state index in [0.29, 0.717) is 5.56 Å². The molecule has 4 N–H and O–H groups in total. The van der Waals surface area contributed by atoms with Crippen LogP contribution in [-0.4, -0.2) is 60.1 Å². The predicted molar refractivity (Wildman–Crippen MR) is 125 cm³/mol. The lowest BCUT2D eigenvalue weighted by molar-refractivity contribution is -0.139. The zero-order chi connectivity index (χ0) is 25.3. The zero-order valence-electron chi connectivity index (χ0n) is 19.5. The molecule has 0 bridgehead atoms. The number of aliphatic hydroxyl groups is 2. The Hall–Kier alpha value is -3.56. The second kappa shape index (κ2) is 12.1. The topological polar surface area (TPSA) is 142 Å². The number of ether oxygens (including phenoxy) is 1. The van der Waals surface area contributed by atoms with Crippen LogP contribution in [0.15, 0.2) is 48.5 Å². The predicted octanol–water partition coefficient (Wildman–Crippen LogP) is 1.21. The molecule has 0 aliphatic carbocycles. The van der Waals surface area contributed by atoms with Crippen molar-refractivity contribution in [3.63, 3.8) is 0 Å². The van der Waals surface area contributed by atoms with Gasteiger partial charge in [-0.15, -0.1) is 0 Å². The minimum Gasteiger partial charge on any atom is -0.465 e. The maximum atomic E-state index is 12.0. The molecule has 0 spiro atoms. The normalized spacial score (nSPS) is 11.9. The molecule has 0 heterocycles. The highest BCUT2D eigenvalue weighted by atomic mass is 16.5. The largest absolute Gasteiger partial charge is 0.465 e. The van der Waals surface area contributed by atoms with Gasteiger partial charge in [0.15, 0.2) is 0 Å². The van der Waals surface area contributed by atoms with E-state index in [1.54, 1.807) is 12.1 Å². The number of nitrogens with one attached hydrogen (secondary N) is 2. The lowest BCUT2D eigenvalue weighted by Gasteiger charge is -2.27. The molecule has 2 aromatic rings. The van der Waals surface area contributed by atoms with Crippen LogP contribution >= 0.6 is 0 Å². The van der Waals surface area contributed by atoms with Crippen molar-refractivity contribution in [3.05, 3.63) is 59.7 Å². The van der Waals surface area contributed by atoms with Crippen LogP contribution < -0.4 is 10.6 Å². The quantitative estimate of drug-likeness (QED) is 0.286. The van der Waals surface area contributed by atoms with Gasteiger partial charge >= 0.3 is 5.97 Å². The summed E-state index contributed by atoms with van der Waals surface area (Å²) < 4.78 is 4.68. The van der Waals surface area contributed by atoms with Crippen molar-refractivity contribution in [2.75, 3.05) is 20.3 Å². The summed E-state index contributed by atoms with van der Waals surface area (Å²) in [6.45, 7) is 2.73.